The smallest absolute Gasteiger partial charge is 0.195 e. The maximum atomic E-state index is 13.0. The summed E-state index contributed by atoms with van der Waals surface area (Å²) in [6, 6.07) is 10.5. The van der Waals surface area contributed by atoms with Crippen molar-refractivity contribution in [3.8, 4) is 6.07 Å². The van der Waals surface area contributed by atoms with Crippen molar-refractivity contribution in [3.05, 3.63) is 47.3 Å². The Bertz CT molecular complexity index is 487. The van der Waals surface area contributed by atoms with Crippen molar-refractivity contribution in [3.63, 3.8) is 0 Å². The molecule has 0 aliphatic heterocycles. The standard InChI is InChI=1S/C18H22FN/c1-2-3-14-4-8-16(9-5-14)17-10-6-15(7-11-17)12-18(19)13-20/h4-5,8-9,12,15,17H,2-3,6-7,10-11H2,1H3/b18-12+/t15-,17-. The average Bonchev–Trinajstić information content (AvgIpc) is 2.49. The molecule has 1 aliphatic carbocycles. The maximum Gasteiger partial charge on any atom is 0.196 e. The van der Waals surface area contributed by atoms with Crippen LogP contribution in [0.3, 0.4) is 0 Å². The molecule has 0 radical (unpaired) electrons. The molecule has 0 amide bonds. The summed E-state index contributed by atoms with van der Waals surface area (Å²) in [7, 11) is 0. The molecule has 1 aromatic carbocycles. The fourth-order valence-corrected chi connectivity index (χ4v) is 3.11. The summed E-state index contributed by atoms with van der Waals surface area (Å²) in [6.45, 7) is 2.20. The molecule has 106 valence electrons. The quantitative estimate of drug-likeness (QED) is 0.682. The van der Waals surface area contributed by atoms with Crippen molar-refractivity contribution in [2.45, 2.75) is 51.4 Å². The molecule has 1 aromatic rings. The molecule has 0 atom stereocenters. The maximum absolute atomic E-state index is 13.0. The van der Waals surface area contributed by atoms with Gasteiger partial charge in [-0.2, -0.15) is 9.65 Å². The predicted octanol–water partition coefficient (Wildman–Crippen LogP) is 5.29. The van der Waals surface area contributed by atoms with Crippen LogP contribution in [0.15, 0.2) is 36.2 Å². The minimum absolute atomic E-state index is 0.241. The summed E-state index contributed by atoms with van der Waals surface area (Å²) in [5.41, 5.74) is 2.82. The molecule has 1 fully saturated rings. The van der Waals surface area contributed by atoms with Gasteiger partial charge in [-0.1, -0.05) is 37.6 Å². The SMILES string of the molecule is CCCc1ccc([C@H]2CC[C@H](/C=C(/F)C#N)CC2)cc1. The van der Waals surface area contributed by atoms with Crippen LogP contribution >= 0.6 is 0 Å². The summed E-state index contributed by atoms with van der Waals surface area (Å²) in [6.07, 6.45) is 7.97. The van der Waals surface area contributed by atoms with Gasteiger partial charge in [0.05, 0.1) is 0 Å². The Labute approximate surface area is 121 Å². The van der Waals surface area contributed by atoms with Crippen molar-refractivity contribution in [2.75, 3.05) is 0 Å². The van der Waals surface area contributed by atoms with Gasteiger partial charge in [-0.05, 0) is 61.1 Å². The van der Waals surface area contributed by atoms with E-state index in [9.17, 15) is 4.39 Å². The normalized spacial score (nSPS) is 23.4. The molecule has 0 heterocycles. The molecule has 1 nitrogen and oxygen atoms in total. The zero-order chi connectivity index (χ0) is 14.4. The Morgan fingerprint density at radius 3 is 2.45 bits per heavy atom. The van der Waals surface area contributed by atoms with Gasteiger partial charge in [-0.15, -0.1) is 0 Å². The Hall–Kier alpha value is -1.62. The van der Waals surface area contributed by atoms with Crippen molar-refractivity contribution in [2.24, 2.45) is 5.92 Å². The first-order valence-electron chi connectivity index (χ1n) is 7.59. The number of allylic oxidation sites excluding steroid dienone is 2. The molecular weight excluding hydrogens is 249 g/mol. The van der Waals surface area contributed by atoms with Gasteiger partial charge in [0.15, 0.2) is 5.83 Å². The Morgan fingerprint density at radius 1 is 1.25 bits per heavy atom. The second-order valence-corrected chi connectivity index (χ2v) is 5.73. The summed E-state index contributed by atoms with van der Waals surface area (Å²) < 4.78 is 13.0. The van der Waals surface area contributed by atoms with Gasteiger partial charge in [0.1, 0.15) is 6.07 Å². The first kappa shape index (κ1) is 14.8. The number of benzene rings is 1. The first-order chi connectivity index (χ1) is 9.72. The van der Waals surface area contributed by atoms with Gasteiger partial charge in [0.2, 0.25) is 0 Å². The fourth-order valence-electron chi connectivity index (χ4n) is 3.11. The lowest BCUT2D eigenvalue weighted by atomic mass is 9.78. The lowest BCUT2D eigenvalue weighted by Gasteiger charge is -2.27. The Morgan fingerprint density at radius 2 is 1.90 bits per heavy atom. The van der Waals surface area contributed by atoms with Crippen LogP contribution in [-0.2, 0) is 6.42 Å². The Kier molecular flexibility index (Phi) is 5.35. The average molecular weight is 271 g/mol. The van der Waals surface area contributed by atoms with Gasteiger partial charge in [-0.25, -0.2) is 0 Å². The third-order valence-corrected chi connectivity index (χ3v) is 4.25. The van der Waals surface area contributed by atoms with E-state index in [1.165, 1.54) is 23.6 Å². The van der Waals surface area contributed by atoms with Crippen LogP contribution in [0, 0.1) is 17.2 Å². The van der Waals surface area contributed by atoms with Gasteiger partial charge in [-0.3, -0.25) is 0 Å². The molecule has 0 aromatic heterocycles. The molecule has 0 spiro atoms. The van der Waals surface area contributed by atoms with Crippen LogP contribution in [0.4, 0.5) is 4.39 Å². The molecule has 0 N–H and O–H groups in total. The van der Waals surface area contributed by atoms with E-state index in [0.717, 1.165) is 32.1 Å². The van der Waals surface area contributed by atoms with Crippen LogP contribution < -0.4 is 0 Å². The largest absolute Gasteiger partial charge is 0.196 e. The number of halogens is 1. The van der Waals surface area contributed by atoms with Crippen LogP contribution in [0.1, 0.15) is 56.1 Å². The summed E-state index contributed by atoms with van der Waals surface area (Å²) in [4.78, 5) is 0. The molecule has 2 rings (SSSR count). The van der Waals surface area contributed by atoms with E-state index in [1.807, 2.05) is 0 Å². The van der Waals surface area contributed by atoms with Crippen molar-refractivity contribution >= 4 is 0 Å². The molecule has 0 unspecified atom stereocenters. The topological polar surface area (TPSA) is 23.8 Å². The van der Waals surface area contributed by atoms with E-state index in [-0.39, 0.29) is 5.92 Å². The zero-order valence-electron chi connectivity index (χ0n) is 12.1. The number of aryl methyl sites for hydroxylation is 1. The number of nitrogens with zero attached hydrogens (tertiary/aromatic N) is 1. The summed E-state index contributed by atoms with van der Waals surface area (Å²) in [5, 5.41) is 8.47. The first-order valence-corrected chi connectivity index (χ1v) is 7.59. The molecule has 0 saturated heterocycles. The monoisotopic (exact) mass is 271 g/mol. The number of hydrogen-bond acceptors (Lipinski definition) is 1. The molecule has 20 heavy (non-hydrogen) atoms. The summed E-state index contributed by atoms with van der Waals surface area (Å²) >= 11 is 0. The van der Waals surface area contributed by atoms with E-state index in [1.54, 1.807) is 6.07 Å². The van der Waals surface area contributed by atoms with E-state index in [0.29, 0.717) is 5.92 Å². The van der Waals surface area contributed by atoms with Gasteiger partial charge in [0.25, 0.3) is 0 Å². The van der Waals surface area contributed by atoms with E-state index in [2.05, 4.69) is 31.2 Å². The van der Waals surface area contributed by atoms with E-state index >= 15 is 0 Å². The minimum atomic E-state index is -0.627. The van der Waals surface area contributed by atoms with Crippen molar-refractivity contribution < 1.29 is 4.39 Å². The molecule has 2 heteroatoms. The number of hydrogen-bond donors (Lipinski definition) is 0. The molecule has 0 bridgehead atoms. The molecular formula is C18H22FN. The minimum Gasteiger partial charge on any atom is -0.195 e. The Balaban J connectivity index is 1.92. The highest BCUT2D eigenvalue weighted by Gasteiger charge is 2.21. The van der Waals surface area contributed by atoms with Gasteiger partial charge < -0.3 is 0 Å². The van der Waals surface area contributed by atoms with Gasteiger partial charge in [0, 0.05) is 0 Å². The molecule has 1 aliphatic rings. The second-order valence-electron chi connectivity index (χ2n) is 5.73. The van der Waals surface area contributed by atoms with Crippen LogP contribution in [0.2, 0.25) is 0 Å². The number of nitriles is 1. The lowest BCUT2D eigenvalue weighted by molar-refractivity contribution is 0.372. The number of rotatable bonds is 4. The predicted molar refractivity (Wildman–Crippen MR) is 79.9 cm³/mol. The highest BCUT2D eigenvalue weighted by atomic mass is 19.1. The van der Waals surface area contributed by atoms with Crippen molar-refractivity contribution in [1.82, 2.24) is 0 Å². The van der Waals surface area contributed by atoms with Gasteiger partial charge >= 0.3 is 0 Å². The third kappa shape index (κ3) is 3.93. The van der Waals surface area contributed by atoms with E-state index < -0.39 is 5.83 Å². The lowest BCUT2D eigenvalue weighted by Crippen LogP contribution is -2.12. The van der Waals surface area contributed by atoms with Crippen LogP contribution in [0.25, 0.3) is 0 Å². The highest BCUT2D eigenvalue weighted by Crippen LogP contribution is 2.36. The van der Waals surface area contributed by atoms with Crippen LogP contribution in [-0.4, -0.2) is 0 Å². The van der Waals surface area contributed by atoms with Crippen molar-refractivity contribution in [1.29, 1.82) is 5.26 Å². The molecule has 1 saturated carbocycles. The second kappa shape index (κ2) is 7.24. The van der Waals surface area contributed by atoms with E-state index in [4.69, 9.17) is 5.26 Å². The zero-order valence-corrected chi connectivity index (χ0v) is 12.1. The highest BCUT2D eigenvalue weighted by molar-refractivity contribution is 5.26. The third-order valence-electron chi connectivity index (χ3n) is 4.25. The van der Waals surface area contributed by atoms with Crippen LogP contribution in [0.5, 0.6) is 0 Å². The summed E-state index contributed by atoms with van der Waals surface area (Å²) in [5.74, 6) is 0.211. The fraction of sp³-hybridized carbons (Fsp3) is 0.500.